The minimum Gasteiger partial charge on any atom is -0.481 e. The number of Topliss-reactive ketones (excluding diaryl/α,β-unsaturated/α-hetero) is 2. The Kier molecular flexibility index (Phi) is 12.9. The largest absolute Gasteiger partial charge is 0.481 e. The van der Waals surface area contributed by atoms with Crippen molar-refractivity contribution in [3.8, 4) is 0 Å². The van der Waals surface area contributed by atoms with E-state index in [1.54, 1.807) is 0 Å². The fraction of sp³-hybridized carbons (Fsp3) is 0.765. The Morgan fingerprint density at radius 3 is 1.00 bits per heavy atom. The molecule has 0 amide bonds. The molecule has 0 fully saturated rings. The summed E-state index contributed by atoms with van der Waals surface area (Å²) in [5, 5.41) is 17.0. The van der Waals surface area contributed by atoms with Crippen molar-refractivity contribution in [3.63, 3.8) is 0 Å². The van der Waals surface area contributed by atoms with Crippen LogP contribution in [0.4, 0.5) is 0 Å². The Hall–Kier alpha value is -1.72. The summed E-state index contributed by atoms with van der Waals surface area (Å²) in [4.78, 5) is 43.7. The van der Waals surface area contributed by atoms with Crippen LogP contribution in [0.2, 0.25) is 0 Å². The van der Waals surface area contributed by atoms with Gasteiger partial charge < -0.3 is 10.2 Å². The molecule has 0 aromatic carbocycles. The van der Waals surface area contributed by atoms with Crippen molar-refractivity contribution < 1.29 is 29.4 Å². The molecule has 6 nitrogen and oxygen atoms in total. The van der Waals surface area contributed by atoms with E-state index in [9.17, 15) is 19.2 Å². The van der Waals surface area contributed by atoms with Gasteiger partial charge in [-0.2, -0.15) is 0 Å². The van der Waals surface area contributed by atoms with E-state index in [0.717, 1.165) is 19.3 Å². The zero-order valence-electron chi connectivity index (χ0n) is 13.7. The van der Waals surface area contributed by atoms with Gasteiger partial charge >= 0.3 is 11.9 Å². The van der Waals surface area contributed by atoms with Gasteiger partial charge in [-0.25, -0.2) is 0 Å². The highest BCUT2D eigenvalue weighted by atomic mass is 16.4. The van der Waals surface area contributed by atoms with E-state index in [0.29, 0.717) is 51.4 Å². The van der Waals surface area contributed by atoms with E-state index in [1.165, 1.54) is 0 Å². The fourth-order valence-corrected chi connectivity index (χ4v) is 2.27. The van der Waals surface area contributed by atoms with Crippen molar-refractivity contribution in [2.45, 2.75) is 83.5 Å². The third-order valence-electron chi connectivity index (χ3n) is 3.60. The SMILES string of the molecule is O=C(O)CCCCC(=O)CCCCCC(=O)CCCCC(=O)O. The summed E-state index contributed by atoms with van der Waals surface area (Å²) in [5.41, 5.74) is 0. The van der Waals surface area contributed by atoms with Gasteiger partial charge in [0.05, 0.1) is 0 Å². The lowest BCUT2D eigenvalue weighted by Gasteiger charge is -2.02. The minimum atomic E-state index is -0.829. The number of carbonyl (C=O) groups is 4. The maximum absolute atomic E-state index is 11.6. The van der Waals surface area contributed by atoms with E-state index in [-0.39, 0.29) is 24.4 Å². The summed E-state index contributed by atoms with van der Waals surface area (Å²) in [6, 6.07) is 0. The maximum Gasteiger partial charge on any atom is 0.303 e. The Morgan fingerprint density at radius 1 is 0.435 bits per heavy atom. The molecule has 0 aromatic rings. The molecule has 0 unspecified atom stereocenters. The molecule has 0 bridgehead atoms. The number of carboxylic acids is 2. The first-order valence-electron chi connectivity index (χ1n) is 8.39. The molecule has 0 rings (SSSR count). The summed E-state index contributed by atoms with van der Waals surface area (Å²) < 4.78 is 0. The Balaban J connectivity index is 3.40. The lowest BCUT2D eigenvalue weighted by Crippen LogP contribution is -2.01. The highest BCUT2D eigenvalue weighted by molar-refractivity contribution is 5.79. The van der Waals surface area contributed by atoms with E-state index in [1.807, 2.05) is 0 Å². The third kappa shape index (κ3) is 16.5. The first kappa shape index (κ1) is 21.3. The van der Waals surface area contributed by atoms with Crippen LogP contribution in [0.15, 0.2) is 0 Å². The molecular formula is C17H28O6. The molecule has 0 aliphatic carbocycles. The maximum atomic E-state index is 11.6. The van der Waals surface area contributed by atoms with Crippen LogP contribution in [0, 0.1) is 0 Å². The summed E-state index contributed by atoms with van der Waals surface area (Å²) in [6.07, 6.45) is 6.81. The molecule has 2 N–H and O–H groups in total. The number of hydrogen-bond acceptors (Lipinski definition) is 4. The van der Waals surface area contributed by atoms with E-state index in [4.69, 9.17) is 10.2 Å². The molecule has 23 heavy (non-hydrogen) atoms. The molecule has 6 heteroatoms. The lowest BCUT2D eigenvalue weighted by atomic mass is 10.0. The summed E-state index contributed by atoms with van der Waals surface area (Å²) in [7, 11) is 0. The fourth-order valence-electron chi connectivity index (χ4n) is 2.27. The number of rotatable bonds is 16. The number of hydrogen-bond donors (Lipinski definition) is 2. The van der Waals surface area contributed by atoms with Gasteiger partial charge in [0, 0.05) is 38.5 Å². The molecule has 0 saturated heterocycles. The Bertz CT molecular complexity index is 353. The van der Waals surface area contributed by atoms with Gasteiger partial charge in [0.15, 0.2) is 0 Å². The number of carbonyl (C=O) groups excluding carboxylic acids is 2. The van der Waals surface area contributed by atoms with Crippen LogP contribution in [-0.4, -0.2) is 33.7 Å². The van der Waals surface area contributed by atoms with Gasteiger partial charge in [-0.3, -0.25) is 19.2 Å². The van der Waals surface area contributed by atoms with Crippen LogP contribution in [-0.2, 0) is 19.2 Å². The molecule has 0 aliphatic rings. The highest BCUT2D eigenvalue weighted by Gasteiger charge is 2.05. The van der Waals surface area contributed by atoms with Crippen molar-refractivity contribution in [1.29, 1.82) is 0 Å². The van der Waals surface area contributed by atoms with Crippen LogP contribution in [0.5, 0.6) is 0 Å². The topological polar surface area (TPSA) is 109 Å². The molecule has 0 radical (unpaired) electrons. The van der Waals surface area contributed by atoms with Crippen LogP contribution in [0.1, 0.15) is 83.5 Å². The predicted octanol–water partition coefficient (Wildman–Crippen LogP) is 3.37. The van der Waals surface area contributed by atoms with Crippen molar-refractivity contribution >= 4 is 23.5 Å². The van der Waals surface area contributed by atoms with E-state index in [2.05, 4.69) is 0 Å². The summed E-state index contributed by atoms with van der Waals surface area (Å²) in [5.74, 6) is -1.33. The average molecular weight is 328 g/mol. The monoisotopic (exact) mass is 328 g/mol. The standard InChI is InChI=1S/C17H28O6/c18-14(10-4-6-12-16(20)21)8-2-1-3-9-15(19)11-5-7-13-17(22)23/h1-13H2,(H,20,21)(H,22,23). The van der Waals surface area contributed by atoms with Crippen molar-refractivity contribution in [1.82, 2.24) is 0 Å². The predicted molar refractivity (Wildman–Crippen MR) is 85.3 cm³/mol. The zero-order valence-corrected chi connectivity index (χ0v) is 13.7. The van der Waals surface area contributed by atoms with Gasteiger partial charge in [-0.1, -0.05) is 6.42 Å². The number of unbranched alkanes of at least 4 members (excludes halogenated alkanes) is 4. The molecule has 0 aliphatic heterocycles. The second-order valence-electron chi connectivity index (χ2n) is 5.84. The first-order chi connectivity index (χ1) is 10.9. The van der Waals surface area contributed by atoms with Gasteiger partial charge in [-0.15, -0.1) is 0 Å². The molecule has 0 spiro atoms. The van der Waals surface area contributed by atoms with Gasteiger partial charge in [-0.05, 0) is 38.5 Å². The van der Waals surface area contributed by atoms with Crippen molar-refractivity contribution in [2.75, 3.05) is 0 Å². The highest BCUT2D eigenvalue weighted by Crippen LogP contribution is 2.10. The lowest BCUT2D eigenvalue weighted by molar-refractivity contribution is -0.138. The van der Waals surface area contributed by atoms with Gasteiger partial charge in [0.25, 0.3) is 0 Å². The number of carboxylic acid groups (broad SMARTS) is 2. The Labute approximate surface area is 137 Å². The van der Waals surface area contributed by atoms with Crippen LogP contribution < -0.4 is 0 Å². The molecule has 0 heterocycles. The molecular weight excluding hydrogens is 300 g/mol. The first-order valence-corrected chi connectivity index (χ1v) is 8.39. The number of ketones is 2. The van der Waals surface area contributed by atoms with Crippen LogP contribution in [0.3, 0.4) is 0 Å². The molecule has 0 saturated carbocycles. The van der Waals surface area contributed by atoms with Crippen LogP contribution in [0.25, 0.3) is 0 Å². The average Bonchev–Trinajstić information content (AvgIpc) is 2.47. The number of aliphatic carboxylic acids is 2. The van der Waals surface area contributed by atoms with Crippen molar-refractivity contribution in [3.05, 3.63) is 0 Å². The van der Waals surface area contributed by atoms with Crippen LogP contribution >= 0.6 is 0 Å². The summed E-state index contributed by atoms with van der Waals surface area (Å²) >= 11 is 0. The molecule has 0 aromatic heterocycles. The molecule has 0 atom stereocenters. The van der Waals surface area contributed by atoms with Gasteiger partial charge in [0.1, 0.15) is 11.6 Å². The normalized spacial score (nSPS) is 10.4. The van der Waals surface area contributed by atoms with E-state index < -0.39 is 11.9 Å². The molecule has 132 valence electrons. The Morgan fingerprint density at radius 2 is 0.696 bits per heavy atom. The zero-order chi connectivity index (χ0) is 17.5. The van der Waals surface area contributed by atoms with Gasteiger partial charge in [0.2, 0.25) is 0 Å². The summed E-state index contributed by atoms with van der Waals surface area (Å²) in [6.45, 7) is 0. The van der Waals surface area contributed by atoms with Crippen molar-refractivity contribution in [2.24, 2.45) is 0 Å². The second kappa shape index (κ2) is 13.9. The smallest absolute Gasteiger partial charge is 0.303 e. The third-order valence-corrected chi connectivity index (χ3v) is 3.60. The quantitative estimate of drug-likeness (QED) is 0.420. The second-order valence-corrected chi connectivity index (χ2v) is 5.84. The minimum absolute atomic E-state index is 0.113. The van der Waals surface area contributed by atoms with E-state index >= 15 is 0 Å².